The van der Waals surface area contributed by atoms with Crippen LogP contribution in [0.1, 0.15) is 38.1 Å². The maximum Gasteiger partial charge on any atom is 0.221 e. The lowest BCUT2D eigenvalue weighted by Gasteiger charge is -2.19. The second-order valence-electron chi connectivity index (χ2n) is 5.21. The van der Waals surface area contributed by atoms with Crippen molar-refractivity contribution in [2.45, 2.75) is 27.7 Å². The topological polar surface area (TPSA) is 66.4 Å². The van der Waals surface area contributed by atoms with E-state index in [-0.39, 0.29) is 33.0 Å². The standard InChI is InChI=1S/C13H15Cl2NO3/c1-6(17)16-8-5-7(12(19)13(2,3)4)9(14)11(18)10(8)15/h5,18H,1-4H3,(H,16,17). The molecule has 0 radical (unpaired) electrons. The number of hydrogen-bond acceptors (Lipinski definition) is 3. The van der Waals surface area contributed by atoms with Crippen molar-refractivity contribution >= 4 is 40.6 Å². The van der Waals surface area contributed by atoms with Gasteiger partial charge in [-0.1, -0.05) is 44.0 Å². The lowest BCUT2D eigenvalue weighted by Crippen LogP contribution is -2.21. The molecular weight excluding hydrogens is 289 g/mol. The van der Waals surface area contributed by atoms with E-state index in [1.807, 2.05) is 0 Å². The minimum atomic E-state index is -0.669. The molecular formula is C13H15Cl2NO3. The minimum Gasteiger partial charge on any atom is -0.505 e. The third-order valence-electron chi connectivity index (χ3n) is 2.41. The number of rotatable bonds is 2. The zero-order valence-corrected chi connectivity index (χ0v) is 12.6. The molecule has 2 N–H and O–H groups in total. The van der Waals surface area contributed by atoms with Crippen LogP contribution >= 0.6 is 23.2 Å². The fraction of sp³-hybridized carbons (Fsp3) is 0.385. The summed E-state index contributed by atoms with van der Waals surface area (Å²) in [7, 11) is 0. The average Bonchev–Trinajstić information content (AvgIpc) is 2.27. The number of carbonyl (C=O) groups excluding carboxylic acids is 2. The zero-order chi connectivity index (χ0) is 15.0. The lowest BCUT2D eigenvalue weighted by molar-refractivity contribution is -0.114. The van der Waals surface area contributed by atoms with Crippen LogP contribution in [-0.2, 0) is 4.79 Å². The van der Waals surface area contributed by atoms with Crippen molar-refractivity contribution in [3.05, 3.63) is 21.7 Å². The molecule has 0 aliphatic heterocycles. The molecule has 4 nitrogen and oxygen atoms in total. The normalized spacial score (nSPS) is 11.3. The van der Waals surface area contributed by atoms with Gasteiger partial charge in [0, 0.05) is 17.9 Å². The molecule has 0 bridgehead atoms. The predicted molar refractivity (Wildman–Crippen MR) is 76.2 cm³/mol. The van der Waals surface area contributed by atoms with Gasteiger partial charge < -0.3 is 10.4 Å². The molecule has 0 unspecified atom stereocenters. The van der Waals surface area contributed by atoms with E-state index in [4.69, 9.17) is 23.2 Å². The number of anilines is 1. The molecule has 0 fully saturated rings. The average molecular weight is 304 g/mol. The number of carbonyl (C=O) groups is 2. The van der Waals surface area contributed by atoms with Crippen LogP contribution in [0, 0.1) is 5.41 Å². The number of nitrogens with one attached hydrogen (secondary N) is 1. The summed E-state index contributed by atoms with van der Waals surface area (Å²) in [5.41, 5.74) is -0.388. The van der Waals surface area contributed by atoms with Gasteiger partial charge in [0.05, 0.1) is 10.7 Å². The number of ketones is 1. The summed E-state index contributed by atoms with van der Waals surface area (Å²) in [5.74, 6) is -1.03. The number of aromatic hydroxyl groups is 1. The van der Waals surface area contributed by atoms with Crippen LogP contribution in [0.5, 0.6) is 5.75 Å². The van der Waals surface area contributed by atoms with Gasteiger partial charge in [-0.25, -0.2) is 0 Å². The molecule has 1 amide bonds. The first kappa shape index (κ1) is 15.8. The number of phenolic OH excluding ortho intramolecular Hbond substituents is 1. The van der Waals surface area contributed by atoms with Crippen LogP contribution in [-0.4, -0.2) is 16.8 Å². The summed E-state index contributed by atoms with van der Waals surface area (Å²) in [6, 6.07) is 1.37. The van der Waals surface area contributed by atoms with Gasteiger partial charge in [-0.3, -0.25) is 9.59 Å². The lowest BCUT2D eigenvalue weighted by atomic mass is 9.86. The van der Waals surface area contributed by atoms with Crippen LogP contribution in [0.4, 0.5) is 5.69 Å². The monoisotopic (exact) mass is 303 g/mol. The molecule has 1 rings (SSSR count). The van der Waals surface area contributed by atoms with Crippen molar-refractivity contribution in [3.8, 4) is 5.75 Å². The molecule has 1 aromatic rings. The fourth-order valence-corrected chi connectivity index (χ4v) is 1.95. The Kier molecular flexibility index (Phi) is 4.48. The minimum absolute atomic E-state index is 0.0920. The van der Waals surface area contributed by atoms with E-state index >= 15 is 0 Å². The molecule has 0 atom stereocenters. The van der Waals surface area contributed by atoms with Gasteiger partial charge >= 0.3 is 0 Å². The summed E-state index contributed by atoms with van der Waals surface area (Å²) in [4.78, 5) is 23.3. The first-order valence-corrected chi connectivity index (χ1v) is 6.34. The molecule has 0 aliphatic carbocycles. The summed E-state index contributed by atoms with van der Waals surface area (Å²) < 4.78 is 0. The largest absolute Gasteiger partial charge is 0.505 e. The van der Waals surface area contributed by atoms with Gasteiger partial charge in [0.2, 0.25) is 5.91 Å². The van der Waals surface area contributed by atoms with Crippen LogP contribution in [0.15, 0.2) is 6.07 Å². The smallest absolute Gasteiger partial charge is 0.221 e. The van der Waals surface area contributed by atoms with E-state index in [2.05, 4.69) is 5.32 Å². The van der Waals surface area contributed by atoms with Crippen molar-refractivity contribution in [2.24, 2.45) is 5.41 Å². The summed E-state index contributed by atoms with van der Waals surface area (Å²) in [6.07, 6.45) is 0. The van der Waals surface area contributed by atoms with E-state index in [1.165, 1.54) is 13.0 Å². The van der Waals surface area contributed by atoms with E-state index in [1.54, 1.807) is 20.8 Å². The Bertz CT molecular complexity index is 548. The number of hydrogen-bond donors (Lipinski definition) is 2. The highest BCUT2D eigenvalue weighted by Gasteiger charge is 2.28. The van der Waals surface area contributed by atoms with Crippen molar-refractivity contribution in [1.29, 1.82) is 0 Å². The number of halogens is 2. The number of Topliss-reactive ketones (excluding diaryl/α,β-unsaturated/α-hetero) is 1. The van der Waals surface area contributed by atoms with Gasteiger partial charge in [-0.05, 0) is 6.07 Å². The van der Waals surface area contributed by atoms with E-state index in [9.17, 15) is 14.7 Å². The van der Waals surface area contributed by atoms with Gasteiger partial charge in [0.15, 0.2) is 11.5 Å². The molecule has 104 valence electrons. The first-order chi connectivity index (χ1) is 8.55. The van der Waals surface area contributed by atoms with Crippen molar-refractivity contribution in [3.63, 3.8) is 0 Å². The quantitative estimate of drug-likeness (QED) is 0.815. The van der Waals surface area contributed by atoms with E-state index in [0.29, 0.717) is 0 Å². The maximum absolute atomic E-state index is 12.2. The summed E-state index contributed by atoms with van der Waals surface area (Å²) in [6.45, 7) is 6.49. The summed E-state index contributed by atoms with van der Waals surface area (Å²) in [5, 5.41) is 12.1. The molecule has 0 heterocycles. The Morgan fingerprint density at radius 3 is 2.16 bits per heavy atom. The van der Waals surface area contributed by atoms with Crippen LogP contribution in [0.3, 0.4) is 0 Å². The third-order valence-corrected chi connectivity index (χ3v) is 3.18. The second kappa shape index (κ2) is 5.39. The molecule has 6 heteroatoms. The van der Waals surface area contributed by atoms with Crippen LogP contribution < -0.4 is 5.32 Å². The zero-order valence-electron chi connectivity index (χ0n) is 11.1. The Hall–Kier alpha value is -1.26. The molecule has 19 heavy (non-hydrogen) atoms. The number of benzene rings is 1. The molecule has 0 spiro atoms. The second-order valence-corrected chi connectivity index (χ2v) is 5.96. The number of amides is 1. The highest BCUT2D eigenvalue weighted by molar-refractivity contribution is 6.41. The Morgan fingerprint density at radius 1 is 1.21 bits per heavy atom. The third kappa shape index (κ3) is 3.39. The highest BCUT2D eigenvalue weighted by atomic mass is 35.5. The van der Waals surface area contributed by atoms with Gasteiger partial charge in [-0.2, -0.15) is 0 Å². The Balaban J connectivity index is 3.46. The van der Waals surface area contributed by atoms with Crippen molar-refractivity contribution in [2.75, 3.05) is 5.32 Å². The molecule has 0 saturated carbocycles. The Morgan fingerprint density at radius 2 is 1.74 bits per heavy atom. The van der Waals surface area contributed by atoms with E-state index < -0.39 is 11.2 Å². The van der Waals surface area contributed by atoms with Gasteiger partial charge in [0.25, 0.3) is 0 Å². The molecule has 1 aromatic carbocycles. The van der Waals surface area contributed by atoms with Gasteiger partial charge in [0.1, 0.15) is 5.02 Å². The van der Waals surface area contributed by atoms with Crippen molar-refractivity contribution in [1.82, 2.24) is 0 Å². The maximum atomic E-state index is 12.2. The highest BCUT2D eigenvalue weighted by Crippen LogP contribution is 2.41. The molecule has 0 aliphatic rings. The van der Waals surface area contributed by atoms with Crippen molar-refractivity contribution < 1.29 is 14.7 Å². The van der Waals surface area contributed by atoms with Gasteiger partial charge in [-0.15, -0.1) is 0 Å². The van der Waals surface area contributed by atoms with Crippen LogP contribution in [0.25, 0.3) is 0 Å². The summed E-state index contributed by atoms with van der Waals surface area (Å²) >= 11 is 11.8. The predicted octanol–water partition coefficient (Wildman–Crippen LogP) is 3.89. The van der Waals surface area contributed by atoms with E-state index in [0.717, 1.165) is 0 Å². The Labute approximate surface area is 121 Å². The molecule has 0 saturated heterocycles. The fourth-order valence-electron chi connectivity index (χ4n) is 1.47. The first-order valence-electron chi connectivity index (χ1n) is 5.59. The number of phenols is 1. The van der Waals surface area contributed by atoms with Crippen LogP contribution in [0.2, 0.25) is 10.0 Å². The SMILES string of the molecule is CC(=O)Nc1cc(C(=O)C(C)(C)C)c(Cl)c(O)c1Cl. The molecule has 0 aromatic heterocycles.